The molecular weight excluding hydrogens is 372 g/mol. The van der Waals surface area contributed by atoms with E-state index >= 15 is 0 Å². The van der Waals surface area contributed by atoms with Crippen LogP contribution in [0.5, 0.6) is 0 Å². The van der Waals surface area contributed by atoms with Gasteiger partial charge < -0.3 is 4.57 Å². The van der Waals surface area contributed by atoms with Crippen molar-refractivity contribution >= 4 is 11.6 Å². The minimum absolute atomic E-state index is 0.466. The van der Waals surface area contributed by atoms with Crippen LogP contribution in [0, 0.1) is 6.92 Å². The fourth-order valence-corrected chi connectivity index (χ4v) is 4.28. The monoisotopic (exact) mass is 390 g/mol. The molecule has 0 unspecified atom stereocenters. The highest BCUT2D eigenvalue weighted by Crippen LogP contribution is 2.38. The molecule has 0 radical (unpaired) electrons. The molecular formula is C21H19ClN6. The van der Waals surface area contributed by atoms with E-state index in [1.54, 1.807) is 6.20 Å². The summed E-state index contributed by atoms with van der Waals surface area (Å²) in [6.45, 7) is 2.85. The zero-order chi connectivity index (χ0) is 19.1. The molecule has 1 atom stereocenters. The summed E-state index contributed by atoms with van der Waals surface area (Å²) in [7, 11) is 0. The van der Waals surface area contributed by atoms with Crippen molar-refractivity contribution < 1.29 is 0 Å². The van der Waals surface area contributed by atoms with E-state index in [0.29, 0.717) is 5.92 Å². The van der Waals surface area contributed by atoms with Gasteiger partial charge >= 0.3 is 0 Å². The van der Waals surface area contributed by atoms with Crippen LogP contribution in [0.4, 0.5) is 0 Å². The number of H-pyrrole nitrogens is 1. The van der Waals surface area contributed by atoms with E-state index in [1.807, 2.05) is 37.5 Å². The first-order valence-corrected chi connectivity index (χ1v) is 9.70. The fraction of sp³-hybridized carbons (Fsp3) is 0.238. The van der Waals surface area contributed by atoms with Gasteiger partial charge in [0.2, 0.25) is 0 Å². The second kappa shape index (κ2) is 6.87. The first kappa shape index (κ1) is 17.1. The largest absolute Gasteiger partial charge is 0.336 e. The van der Waals surface area contributed by atoms with Crippen molar-refractivity contribution in [3.05, 3.63) is 70.9 Å². The van der Waals surface area contributed by atoms with Crippen molar-refractivity contribution in [2.24, 2.45) is 0 Å². The highest BCUT2D eigenvalue weighted by Gasteiger charge is 2.24. The first-order valence-electron chi connectivity index (χ1n) is 9.32. The second-order valence-corrected chi connectivity index (χ2v) is 7.62. The number of nitrogens with zero attached hydrogens (tertiary/aromatic N) is 5. The number of aromatic nitrogens is 6. The maximum Gasteiger partial charge on any atom is 0.115 e. The molecule has 0 saturated carbocycles. The lowest BCUT2D eigenvalue weighted by molar-refractivity contribution is 0.555. The molecule has 0 fully saturated rings. The topological polar surface area (TPSA) is 72.3 Å². The third-order valence-corrected chi connectivity index (χ3v) is 5.77. The molecule has 5 rings (SSSR count). The van der Waals surface area contributed by atoms with Crippen LogP contribution in [0.15, 0.2) is 49.1 Å². The number of pyridine rings is 1. The molecule has 28 heavy (non-hydrogen) atoms. The summed E-state index contributed by atoms with van der Waals surface area (Å²) in [5.74, 6) is 0.466. The van der Waals surface area contributed by atoms with E-state index in [9.17, 15) is 0 Å². The van der Waals surface area contributed by atoms with Gasteiger partial charge in [0.05, 0.1) is 17.7 Å². The lowest BCUT2D eigenvalue weighted by Gasteiger charge is -2.12. The van der Waals surface area contributed by atoms with Crippen LogP contribution >= 0.6 is 11.6 Å². The molecule has 1 N–H and O–H groups in total. The number of aryl methyl sites for hydroxylation is 1. The molecule has 1 aromatic carbocycles. The van der Waals surface area contributed by atoms with Crippen molar-refractivity contribution in [1.82, 2.24) is 29.9 Å². The Morgan fingerprint density at radius 3 is 3.00 bits per heavy atom. The van der Waals surface area contributed by atoms with Crippen LogP contribution in [-0.2, 0) is 13.0 Å². The first-order chi connectivity index (χ1) is 13.7. The molecule has 7 heteroatoms. The number of hydrogen-bond donors (Lipinski definition) is 1. The van der Waals surface area contributed by atoms with Crippen LogP contribution in [-0.4, -0.2) is 29.9 Å². The highest BCUT2D eigenvalue weighted by molar-refractivity contribution is 6.31. The summed E-state index contributed by atoms with van der Waals surface area (Å²) in [5, 5.41) is 11.8. The van der Waals surface area contributed by atoms with Gasteiger partial charge in [0.25, 0.3) is 0 Å². The van der Waals surface area contributed by atoms with Crippen molar-refractivity contribution in [3.63, 3.8) is 0 Å². The Hall–Kier alpha value is -2.99. The zero-order valence-corrected chi connectivity index (χ0v) is 16.2. The maximum atomic E-state index is 6.35. The number of aromatic amines is 1. The minimum Gasteiger partial charge on any atom is -0.336 e. The van der Waals surface area contributed by atoms with E-state index in [4.69, 9.17) is 11.6 Å². The van der Waals surface area contributed by atoms with Crippen molar-refractivity contribution in [3.8, 4) is 22.6 Å². The number of fused-ring (bicyclic) bond motifs is 1. The van der Waals surface area contributed by atoms with Crippen molar-refractivity contribution in [2.75, 3.05) is 0 Å². The molecule has 0 saturated heterocycles. The molecule has 3 aromatic heterocycles. The summed E-state index contributed by atoms with van der Waals surface area (Å²) < 4.78 is 2.14. The van der Waals surface area contributed by atoms with Crippen molar-refractivity contribution in [1.29, 1.82) is 0 Å². The molecule has 0 aliphatic heterocycles. The zero-order valence-electron chi connectivity index (χ0n) is 15.4. The van der Waals surface area contributed by atoms with E-state index in [0.717, 1.165) is 52.7 Å². The van der Waals surface area contributed by atoms with E-state index < -0.39 is 0 Å². The molecule has 1 aliphatic carbocycles. The van der Waals surface area contributed by atoms with Gasteiger partial charge in [-0.3, -0.25) is 10.1 Å². The smallest absolute Gasteiger partial charge is 0.115 e. The number of nitrogens with one attached hydrogen (secondary N) is 1. The molecule has 4 aromatic rings. The predicted octanol–water partition coefficient (Wildman–Crippen LogP) is 4.42. The summed E-state index contributed by atoms with van der Waals surface area (Å²) in [6, 6.07) is 10.2. The fourth-order valence-electron chi connectivity index (χ4n) is 4.00. The number of benzene rings is 1. The number of hydrogen-bond acceptors (Lipinski definition) is 4. The van der Waals surface area contributed by atoms with Gasteiger partial charge in [0, 0.05) is 35.4 Å². The molecule has 6 nitrogen and oxygen atoms in total. The Morgan fingerprint density at radius 1 is 1.21 bits per heavy atom. The van der Waals surface area contributed by atoms with Gasteiger partial charge in [-0.2, -0.15) is 0 Å². The van der Waals surface area contributed by atoms with Gasteiger partial charge in [-0.05, 0) is 49.1 Å². The van der Waals surface area contributed by atoms with E-state index in [2.05, 4.69) is 42.2 Å². The summed E-state index contributed by atoms with van der Waals surface area (Å²) in [4.78, 5) is 9.07. The average Bonchev–Trinajstić information content (AvgIpc) is 3.43. The third kappa shape index (κ3) is 2.99. The SMILES string of the molecule is Cc1[nH]nnc1-c1ccnc(-c2cn(C[C@H]3CCc4c(Cl)cccc43)cn2)c1. The quantitative estimate of drug-likeness (QED) is 0.559. The summed E-state index contributed by atoms with van der Waals surface area (Å²) >= 11 is 6.35. The Morgan fingerprint density at radius 2 is 2.14 bits per heavy atom. The Bertz CT molecular complexity index is 1150. The predicted molar refractivity (Wildman–Crippen MR) is 108 cm³/mol. The Labute approximate surface area is 167 Å². The van der Waals surface area contributed by atoms with Crippen LogP contribution in [0.25, 0.3) is 22.6 Å². The van der Waals surface area contributed by atoms with Crippen LogP contribution in [0.1, 0.15) is 29.2 Å². The number of imidazole rings is 1. The number of rotatable bonds is 4. The highest BCUT2D eigenvalue weighted by atomic mass is 35.5. The van der Waals surface area contributed by atoms with Gasteiger partial charge in [-0.15, -0.1) is 5.10 Å². The van der Waals surface area contributed by atoms with Gasteiger partial charge in [-0.1, -0.05) is 28.9 Å². The summed E-state index contributed by atoms with van der Waals surface area (Å²) in [5.41, 5.74) is 7.09. The number of halogens is 1. The van der Waals surface area contributed by atoms with Gasteiger partial charge in [0.1, 0.15) is 11.4 Å². The van der Waals surface area contributed by atoms with E-state index in [1.165, 1.54) is 11.1 Å². The van der Waals surface area contributed by atoms with Crippen molar-refractivity contribution in [2.45, 2.75) is 32.2 Å². The van der Waals surface area contributed by atoms with Crippen LogP contribution in [0.2, 0.25) is 5.02 Å². The van der Waals surface area contributed by atoms with Crippen LogP contribution in [0.3, 0.4) is 0 Å². The normalized spacial score (nSPS) is 15.7. The molecule has 0 amide bonds. The lowest BCUT2D eigenvalue weighted by atomic mass is 10.0. The van der Waals surface area contributed by atoms with Gasteiger partial charge in [-0.25, -0.2) is 4.98 Å². The van der Waals surface area contributed by atoms with Crippen LogP contribution < -0.4 is 0 Å². The van der Waals surface area contributed by atoms with Gasteiger partial charge in [0.15, 0.2) is 0 Å². The Kier molecular flexibility index (Phi) is 4.20. The molecule has 140 valence electrons. The Balaban J connectivity index is 1.39. The molecule has 3 heterocycles. The molecule has 1 aliphatic rings. The minimum atomic E-state index is 0.466. The maximum absolute atomic E-state index is 6.35. The lowest BCUT2D eigenvalue weighted by Crippen LogP contribution is -2.04. The summed E-state index contributed by atoms with van der Waals surface area (Å²) in [6.07, 6.45) is 7.89. The van der Waals surface area contributed by atoms with E-state index in [-0.39, 0.29) is 0 Å². The third-order valence-electron chi connectivity index (χ3n) is 5.42. The molecule has 0 bridgehead atoms. The second-order valence-electron chi connectivity index (χ2n) is 7.21. The average molecular weight is 391 g/mol. The standard InChI is InChI=1S/C21H19ClN6/c1-13-21(26-27-25-13)14-7-8-23-19(9-14)20-11-28(12-24-20)10-15-5-6-17-16(15)3-2-4-18(17)22/h2-4,7-9,11-12,15H,5-6,10H2,1H3,(H,25,26,27)/t15-/m1/s1. The molecule has 0 spiro atoms.